The molecule has 1 saturated heterocycles. The van der Waals surface area contributed by atoms with Crippen LogP contribution in [0.15, 0.2) is 36.4 Å². The predicted octanol–water partition coefficient (Wildman–Crippen LogP) is 7.11. The van der Waals surface area contributed by atoms with Gasteiger partial charge in [-0.3, -0.25) is 10.6 Å². The summed E-state index contributed by atoms with van der Waals surface area (Å²) >= 11 is 0. The van der Waals surface area contributed by atoms with Crippen molar-refractivity contribution in [3.05, 3.63) is 69.8 Å². The minimum Gasteiger partial charge on any atom is -0.296 e. The third kappa shape index (κ3) is 4.29. The lowest BCUT2D eigenvalue weighted by atomic mass is 9.78. The highest BCUT2D eigenvalue weighted by atomic mass is 15.2. The van der Waals surface area contributed by atoms with E-state index in [0.717, 1.165) is 6.67 Å². The molecule has 1 aliphatic heterocycles. The number of hydrogen-bond acceptors (Lipinski definition) is 2. The van der Waals surface area contributed by atoms with E-state index in [1.807, 2.05) is 0 Å². The van der Waals surface area contributed by atoms with Crippen LogP contribution in [0.3, 0.4) is 0 Å². The average Bonchev–Trinajstić information content (AvgIpc) is 3.15. The molecule has 1 heterocycles. The summed E-state index contributed by atoms with van der Waals surface area (Å²) in [5.74, 6) is 2.04. The van der Waals surface area contributed by atoms with E-state index in [1.54, 1.807) is 0 Å². The topological polar surface area (TPSA) is 24.1 Å². The molecule has 0 amide bonds. The lowest BCUT2D eigenvalue weighted by Gasteiger charge is -2.31. The Balaban J connectivity index is 2.22. The smallest absolute Gasteiger partial charge is 0.0534 e. The standard InChI is InChI=1S/C27H40N2/c1-16(2)20-11-9-12-21(17(3)4)24(20)26-27(29-15-28-26)25-22(18(5)6)13-10-14-23(25)19(7)8/h9-14,16-19,26-29H,15H2,1-8H3. The van der Waals surface area contributed by atoms with Crippen molar-refractivity contribution in [2.75, 3.05) is 6.67 Å². The van der Waals surface area contributed by atoms with Crippen LogP contribution in [-0.4, -0.2) is 6.67 Å². The minimum absolute atomic E-state index is 0.295. The minimum atomic E-state index is 0.295. The molecule has 0 aliphatic carbocycles. The third-order valence-electron chi connectivity index (χ3n) is 6.43. The van der Waals surface area contributed by atoms with E-state index in [1.165, 1.54) is 33.4 Å². The molecule has 2 N–H and O–H groups in total. The third-order valence-corrected chi connectivity index (χ3v) is 6.43. The summed E-state index contributed by atoms with van der Waals surface area (Å²) < 4.78 is 0. The maximum absolute atomic E-state index is 3.83. The molecular formula is C27H40N2. The van der Waals surface area contributed by atoms with Gasteiger partial charge in [-0.15, -0.1) is 0 Å². The molecule has 2 nitrogen and oxygen atoms in total. The summed E-state index contributed by atoms with van der Waals surface area (Å²) in [7, 11) is 0. The van der Waals surface area contributed by atoms with Crippen molar-refractivity contribution in [3.8, 4) is 0 Å². The molecular weight excluding hydrogens is 352 g/mol. The van der Waals surface area contributed by atoms with Crippen molar-refractivity contribution in [2.24, 2.45) is 0 Å². The number of hydrogen-bond donors (Lipinski definition) is 2. The molecule has 1 aliphatic rings. The fourth-order valence-electron chi connectivity index (χ4n) is 4.99. The van der Waals surface area contributed by atoms with Gasteiger partial charge in [0.2, 0.25) is 0 Å². The zero-order valence-corrected chi connectivity index (χ0v) is 19.6. The van der Waals surface area contributed by atoms with E-state index in [9.17, 15) is 0 Å². The Morgan fingerprint density at radius 3 is 1.07 bits per heavy atom. The van der Waals surface area contributed by atoms with Gasteiger partial charge >= 0.3 is 0 Å². The van der Waals surface area contributed by atoms with Crippen LogP contribution in [-0.2, 0) is 0 Å². The zero-order chi connectivity index (χ0) is 21.3. The van der Waals surface area contributed by atoms with Crippen LogP contribution in [0, 0.1) is 0 Å². The largest absolute Gasteiger partial charge is 0.296 e. The van der Waals surface area contributed by atoms with Crippen molar-refractivity contribution in [2.45, 2.75) is 91.1 Å². The van der Waals surface area contributed by atoms with Gasteiger partial charge in [0.15, 0.2) is 0 Å². The highest BCUT2D eigenvalue weighted by Crippen LogP contribution is 2.43. The van der Waals surface area contributed by atoms with Gasteiger partial charge in [-0.05, 0) is 57.1 Å². The number of nitrogens with one attached hydrogen (secondary N) is 2. The van der Waals surface area contributed by atoms with Crippen molar-refractivity contribution in [3.63, 3.8) is 0 Å². The van der Waals surface area contributed by atoms with Crippen molar-refractivity contribution in [1.29, 1.82) is 0 Å². The van der Waals surface area contributed by atoms with Gasteiger partial charge in [0.1, 0.15) is 0 Å². The number of rotatable bonds is 6. The lowest BCUT2D eigenvalue weighted by Crippen LogP contribution is -2.24. The quantitative estimate of drug-likeness (QED) is 0.547. The Hall–Kier alpha value is -1.64. The first kappa shape index (κ1) is 22.1. The van der Waals surface area contributed by atoms with Gasteiger partial charge in [-0.2, -0.15) is 0 Å². The van der Waals surface area contributed by atoms with Crippen LogP contribution >= 0.6 is 0 Å². The molecule has 0 radical (unpaired) electrons. The molecule has 0 aromatic heterocycles. The second-order valence-corrected chi connectivity index (χ2v) is 9.86. The average molecular weight is 393 g/mol. The monoisotopic (exact) mass is 392 g/mol. The maximum atomic E-state index is 3.83. The molecule has 2 aromatic rings. The first-order chi connectivity index (χ1) is 13.7. The molecule has 0 saturated carbocycles. The van der Waals surface area contributed by atoms with Crippen molar-refractivity contribution >= 4 is 0 Å². The maximum Gasteiger partial charge on any atom is 0.0534 e. The van der Waals surface area contributed by atoms with E-state index < -0.39 is 0 Å². The van der Waals surface area contributed by atoms with Gasteiger partial charge in [0.25, 0.3) is 0 Å². The Bertz CT molecular complexity index is 710. The lowest BCUT2D eigenvalue weighted by molar-refractivity contribution is 0.526. The highest BCUT2D eigenvalue weighted by Gasteiger charge is 2.36. The van der Waals surface area contributed by atoms with E-state index in [-0.39, 0.29) is 0 Å². The van der Waals surface area contributed by atoms with Crippen LogP contribution < -0.4 is 10.6 Å². The van der Waals surface area contributed by atoms with Gasteiger partial charge in [0.05, 0.1) is 12.1 Å². The fraction of sp³-hybridized carbons (Fsp3) is 0.556. The van der Waals surface area contributed by atoms with Gasteiger partial charge in [-0.1, -0.05) is 91.8 Å². The van der Waals surface area contributed by atoms with Crippen LogP contribution in [0.25, 0.3) is 0 Å². The summed E-state index contributed by atoms with van der Waals surface area (Å²) in [5.41, 5.74) is 8.96. The van der Waals surface area contributed by atoms with Crippen LogP contribution in [0.2, 0.25) is 0 Å². The van der Waals surface area contributed by atoms with Gasteiger partial charge < -0.3 is 0 Å². The second kappa shape index (κ2) is 9.02. The molecule has 1 fully saturated rings. The van der Waals surface area contributed by atoms with Gasteiger partial charge in [-0.25, -0.2) is 0 Å². The summed E-state index contributed by atoms with van der Waals surface area (Å²) in [6, 6.07) is 14.4. The molecule has 29 heavy (non-hydrogen) atoms. The zero-order valence-electron chi connectivity index (χ0n) is 19.6. The van der Waals surface area contributed by atoms with E-state index in [4.69, 9.17) is 0 Å². The van der Waals surface area contributed by atoms with Crippen molar-refractivity contribution in [1.82, 2.24) is 10.6 Å². The first-order valence-electron chi connectivity index (χ1n) is 11.5. The van der Waals surface area contributed by atoms with Crippen LogP contribution in [0.5, 0.6) is 0 Å². The summed E-state index contributed by atoms with van der Waals surface area (Å²) in [4.78, 5) is 0. The molecule has 2 heteroatoms. The molecule has 0 bridgehead atoms. The molecule has 158 valence electrons. The van der Waals surface area contributed by atoms with E-state index >= 15 is 0 Å². The Kier molecular flexibility index (Phi) is 6.86. The summed E-state index contributed by atoms with van der Waals surface area (Å²) in [6.07, 6.45) is 0. The molecule has 2 aromatic carbocycles. The van der Waals surface area contributed by atoms with E-state index in [2.05, 4.69) is 102 Å². The van der Waals surface area contributed by atoms with Crippen LogP contribution in [0.4, 0.5) is 0 Å². The van der Waals surface area contributed by atoms with Crippen molar-refractivity contribution < 1.29 is 0 Å². The molecule has 2 atom stereocenters. The van der Waals surface area contributed by atoms with Crippen LogP contribution in [0.1, 0.15) is 125 Å². The second-order valence-electron chi connectivity index (χ2n) is 9.86. The SMILES string of the molecule is CC(C)c1cccc(C(C)C)c1C1NCNC1c1c(C(C)C)cccc1C(C)C. The molecule has 2 unspecified atom stereocenters. The summed E-state index contributed by atoms with van der Waals surface area (Å²) in [6.45, 7) is 19.4. The normalized spacial score (nSPS) is 19.9. The first-order valence-corrected chi connectivity index (χ1v) is 11.5. The highest BCUT2D eigenvalue weighted by molar-refractivity contribution is 5.48. The Morgan fingerprint density at radius 2 is 0.828 bits per heavy atom. The number of benzene rings is 2. The Morgan fingerprint density at radius 1 is 0.552 bits per heavy atom. The van der Waals surface area contributed by atoms with Gasteiger partial charge in [0, 0.05) is 6.67 Å². The Labute approximate surface area is 178 Å². The summed E-state index contributed by atoms with van der Waals surface area (Å²) in [5, 5.41) is 7.67. The molecule has 3 rings (SSSR count). The van der Waals surface area contributed by atoms with E-state index in [0.29, 0.717) is 35.8 Å². The fourth-order valence-corrected chi connectivity index (χ4v) is 4.99. The predicted molar refractivity (Wildman–Crippen MR) is 126 cm³/mol. The molecule has 0 spiro atoms.